The summed E-state index contributed by atoms with van der Waals surface area (Å²) in [5.41, 5.74) is 0.501. The van der Waals surface area contributed by atoms with E-state index in [0.717, 1.165) is 5.56 Å². The second kappa shape index (κ2) is 9.68. The van der Waals surface area contributed by atoms with Crippen molar-refractivity contribution in [3.63, 3.8) is 0 Å². The maximum atomic E-state index is 12.7. The number of rotatable bonds is 7. The number of carbonyl (C=O) groups is 2. The molecule has 2 N–H and O–H groups in total. The van der Waals surface area contributed by atoms with Crippen molar-refractivity contribution < 1.29 is 19.2 Å². The molecule has 1 atom stereocenters. The van der Waals surface area contributed by atoms with Crippen LogP contribution in [0, 0.1) is 21.4 Å². The second-order valence-corrected chi connectivity index (χ2v) is 7.64. The summed E-state index contributed by atoms with van der Waals surface area (Å²) in [5, 5.41) is 16.2. The molecule has 8 nitrogen and oxygen atoms in total. The van der Waals surface area contributed by atoms with Gasteiger partial charge in [-0.15, -0.1) is 0 Å². The number of benzene rings is 2. The quantitative estimate of drug-likeness (QED) is 0.545. The molecular weight excluding hydrogens is 374 g/mol. The third-order valence-corrected chi connectivity index (χ3v) is 4.38. The summed E-state index contributed by atoms with van der Waals surface area (Å²) in [5.74, 6) is -0.471. The highest BCUT2D eigenvalue weighted by Crippen LogP contribution is 2.26. The first kappa shape index (κ1) is 21.9. The fraction of sp³-hybridized carbons (Fsp3) is 0.333. The van der Waals surface area contributed by atoms with Crippen LogP contribution in [0.5, 0.6) is 5.75 Å². The lowest BCUT2D eigenvalue weighted by molar-refractivity contribution is -0.384. The Bertz CT molecular complexity index is 845. The van der Waals surface area contributed by atoms with E-state index in [2.05, 4.69) is 10.6 Å². The van der Waals surface area contributed by atoms with E-state index in [4.69, 9.17) is 4.74 Å². The topological polar surface area (TPSA) is 111 Å². The molecule has 0 saturated heterocycles. The van der Waals surface area contributed by atoms with E-state index >= 15 is 0 Å². The number of amides is 2. The smallest absolute Gasteiger partial charge is 0.410 e. The third-order valence-electron chi connectivity index (χ3n) is 4.38. The van der Waals surface area contributed by atoms with Crippen molar-refractivity contribution in [2.45, 2.75) is 27.3 Å². The number of non-ortho nitro benzene ring substituents is 1. The normalized spacial score (nSPS) is 12.0. The lowest BCUT2D eigenvalue weighted by atomic mass is 9.80. The van der Waals surface area contributed by atoms with Gasteiger partial charge < -0.3 is 15.4 Å². The van der Waals surface area contributed by atoms with Crippen molar-refractivity contribution in [2.24, 2.45) is 11.3 Å². The number of nitrogens with zero attached hydrogens (tertiary/aromatic N) is 1. The molecule has 0 bridgehead atoms. The van der Waals surface area contributed by atoms with Crippen LogP contribution in [0.2, 0.25) is 0 Å². The van der Waals surface area contributed by atoms with Gasteiger partial charge >= 0.3 is 6.09 Å². The van der Waals surface area contributed by atoms with Crippen LogP contribution < -0.4 is 15.4 Å². The van der Waals surface area contributed by atoms with Crippen molar-refractivity contribution in [1.29, 1.82) is 0 Å². The molecule has 8 heteroatoms. The van der Waals surface area contributed by atoms with Crippen LogP contribution in [0.25, 0.3) is 0 Å². The summed E-state index contributed by atoms with van der Waals surface area (Å²) in [6, 6.07) is 14.7. The number of nitro benzene ring substituents is 1. The molecule has 0 aliphatic carbocycles. The highest BCUT2D eigenvalue weighted by Gasteiger charge is 2.31. The van der Waals surface area contributed by atoms with Gasteiger partial charge in [-0.3, -0.25) is 14.9 Å². The van der Waals surface area contributed by atoms with Crippen LogP contribution >= 0.6 is 0 Å². The molecule has 2 aromatic rings. The summed E-state index contributed by atoms with van der Waals surface area (Å²) in [4.78, 5) is 34.9. The zero-order valence-corrected chi connectivity index (χ0v) is 16.7. The largest absolute Gasteiger partial charge is 0.412 e. The predicted molar refractivity (Wildman–Crippen MR) is 108 cm³/mol. The number of hydrogen-bond donors (Lipinski definition) is 2. The number of nitrogens with one attached hydrogen (secondary N) is 2. The fourth-order valence-corrected chi connectivity index (χ4v) is 2.66. The fourth-order valence-electron chi connectivity index (χ4n) is 2.66. The van der Waals surface area contributed by atoms with Crippen LogP contribution in [-0.4, -0.2) is 23.5 Å². The minimum Gasteiger partial charge on any atom is -0.410 e. The summed E-state index contributed by atoms with van der Waals surface area (Å²) in [7, 11) is 0. The van der Waals surface area contributed by atoms with Crippen molar-refractivity contribution in [3.05, 3.63) is 70.3 Å². The molecule has 29 heavy (non-hydrogen) atoms. The van der Waals surface area contributed by atoms with Gasteiger partial charge in [0, 0.05) is 25.2 Å². The molecule has 0 fully saturated rings. The van der Waals surface area contributed by atoms with Gasteiger partial charge in [0.15, 0.2) is 0 Å². The van der Waals surface area contributed by atoms with E-state index in [0.29, 0.717) is 6.54 Å². The number of carbonyl (C=O) groups excluding carboxylic acids is 2. The summed E-state index contributed by atoms with van der Waals surface area (Å²) in [6.07, 6.45) is -0.732. The summed E-state index contributed by atoms with van der Waals surface area (Å²) in [6.45, 7) is 6.25. The molecule has 2 aromatic carbocycles. The van der Waals surface area contributed by atoms with Gasteiger partial charge in [-0.05, 0) is 23.1 Å². The van der Waals surface area contributed by atoms with Gasteiger partial charge in [-0.2, -0.15) is 0 Å². The van der Waals surface area contributed by atoms with Crippen LogP contribution in [-0.2, 0) is 11.3 Å². The monoisotopic (exact) mass is 399 g/mol. The van der Waals surface area contributed by atoms with E-state index in [1.165, 1.54) is 24.3 Å². The molecule has 0 aliphatic rings. The summed E-state index contributed by atoms with van der Waals surface area (Å²) < 4.78 is 5.12. The van der Waals surface area contributed by atoms with Crippen molar-refractivity contribution in [2.75, 3.05) is 6.54 Å². The molecule has 0 spiro atoms. The zero-order valence-electron chi connectivity index (χ0n) is 16.7. The average molecular weight is 399 g/mol. The Labute approximate surface area is 169 Å². The molecule has 0 aromatic heterocycles. The maximum absolute atomic E-state index is 12.7. The van der Waals surface area contributed by atoms with E-state index in [1.807, 2.05) is 51.1 Å². The SMILES string of the molecule is CC(C)(C)C(CNC(=O)Oc1ccc([N+](=O)[O-])cc1)C(=O)NCc1ccccc1. The van der Waals surface area contributed by atoms with Gasteiger partial charge in [-0.1, -0.05) is 51.1 Å². The molecule has 2 amide bonds. The van der Waals surface area contributed by atoms with Crippen LogP contribution in [0.3, 0.4) is 0 Å². The molecule has 0 saturated carbocycles. The molecule has 154 valence electrons. The predicted octanol–water partition coefficient (Wildman–Crippen LogP) is 3.66. The van der Waals surface area contributed by atoms with Gasteiger partial charge in [0.05, 0.1) is 10.8 Å². The Hall–Kier alpha value is -3.42. The number of nitro groups is 1. The lowest BCUT2D eigenvalue weighted by Gasteiger charge is -2.29. The number of ether oxygens (including phenoxy) is 1. The van der Waals surface area contributed by atoms with E-state index in [9.17, 15) is 19.7 Å². The molecular formula is C21H25N3O5. The first-order chi connectivity index (χ1) is 13.7. The highest BCUT2D eigenvalue weighted by molar-refractivity contribution is 5.80. The first-order valence-corrected chi connectivity index (χ1v) is 9.18. The molecule has 2 rings (SSSR count). The standard InChI is InChI=1S/C21H25N3O5/c1-21(2,3)18(19(25)22-13-15-7-5-4-6-8-15)14-23-20(26)29-17-11-9-16(10-12-17)24(27)28/h4-12,18H,13-14H2,1-3H3,(H,22,25)(H,23,26). The van der Waals surface area contributed by atoms with Crippen molar-refractivity contribution in [3.8, 4) is 5.75 Å². The average Bonchev–Trinajstić information content (AvgIpc) is 2.66. The number of hydrogen-bond acceptors (Lipinski definition) is 5. The van der Waals surface area contributed by atoms with Gasteiger partial charge in [0.2, 0.25) is 5.91 Å². The van der Waals surface area contributed by atoms with E-state index in [-0.39, 0.29) is 29.3 Å². The van der Waals surface area contributed by atoms with E-state index in [1.54, 1.807) is 0 Å². The lowest BCUT2D eigenvalue weighted by Crippen LogP contribution is -2.45. The maximum Gasteiger partial charge on any atom is 0.412 e. The highest BCUT2D eigenvalue weighted by atomic mass is 16.6. The Balaban J connectivity index is 1.91. The Morgan fingerprint density at radius 1 is 1.03 bits per heavy atom. The molecule has 1 unspecified atom stereocenters. The van der Waals surface area contributed by atoms with Crippen molar-refractivity contribution >= 4 is 17.7 Å². The Morgan fingerprint density at radius 2 is 1.66 bits per heavy atom. The minimum atomic E-state index is -0.732. The van der Waals surface area contributed by atoms with Crippen molar-refractivity contribution in [1.82, 2.24) is 10.6 Å². The van der Waals surface area contributed by atoms with Crippen LogP contribution in [0.15, 0.2) is 54.6 Å². The van der Waals surface area contributed by atoms with Gasteiger partial charge in [-0.25, -0.2) is 4.79 Å². The first-order valence-electron chi connectivity index (χ1n) is 9.18. The van der Waals surface area contributed by atoms with E-state index < -0.39 is 16.9 Å². The van der Waals surface area contributed by atoms with Gasteiger partial charge in [0.1, 0.15) is 5.75 Å². The minimum absolute atomic E-state index is 0.0932. The van der Waals surface area contributed by atoms with Gasteiger partial charge in [0.25, 0.3) is 5.69 Å². The molecule has 0 heterocycles. The Morgan fingerprint density at radius 3 is 2.21 bits per heavy atom. The Kier molecular flexibility index (Phi) is 7.30. The summed E-state index contributed by atoms with van der Waals surface area (Å²) >= 11 is 0. The molecule has 0 radical (unpaired) electrons. The second-order valence-electron chi connectivity index (χ2n) is 7.64. The van der Waals surface area contributed by atoms with Crippen LogP contribution in [0.4, 0.5) is 10.5 Å². The molecule has 0 aliphatic heterocycles. The zero-order chi connectivity index (χ0) is 21.4. The third kappa shape index (κ3) is 6.91. The van der Waals surface area contributed by atoms with Crippen LogP contribution in [0.1, 0.15) is 26.3 Å².